The minimum atomic E-state index is -0.438. The lowest BCUT2D eigenvalue weighted by Crippen LogP contribution is -2.47. The highest BCUT2D eigenvalue weighted by atomic mass is 16.6. The molecule has 0 amide bonds. The number of hydrogen-bond donors (Lipinski definition) is 0. The zero-order valence-corrected chi connectivity index (χ0v) is 10.9. The highest BCUT2D eigenvalue weighted by molar-refractivity contribution is 5.87. The van der Waals surface area contributed by atoms with Crippen LogP contribution in [0.15, 0.2) is 0 Å². The molecule has 0 radical (unpaired) electrons. The second kappa shape index (κ2) is 3.45. The Labute approximate surface area is 102 Å². The number of piperidine rings is 1. The molecule has 0 spiro atoms. The maximum absolute atomic E-state index is 12.4. The molecule has 3 rings (SSSR count). The molecule has 0 aromatic heterocycles. The molecule has 96 valence electrons. The first-order valence-corrected chi connectivity index (χ1v) is 6.55. The Morgan fingerprint density at radius 1 is 1.41 bits per heavy atom. The SMILES string of the molecule is CC(C)(C)OC(=O)C12COCC3CCCC1N32. The molecule has 4 nitrogen and oxygen atoms in total. The fourth-order valence-electron chi connectivity index (χ4n) is 3.41. The van der Waals surface area contributed by atoms with Gasteiger partial charge in [-0.2, -0.15) is 0 Å². The largest absolute Gasteiger partial charge is 0.458 e. The van der Waals surface area contributed by atoms with Gasteiger partial charge in [0.1, 0.15) is 5.60 Å². The van der Waals surface area contributed by atoms with Crippen LogP contribution in [0.2, 0.25) is 0 Å². The molecular weight excluding hydrogens is 218 g/mol. The van der Waals surface area contributed by atoms with Gasteiger partial charge in [-0.25, -0.2) is 4.79 Å². The number of esters is 1. The molecule has 3 heterocycles. The monoisotopic (exact) mass is 239 g/mol. The predicted molar refractivity (Wildman–Crippen MR) is 62.7 cm³/mol. The van der Waals surface area contributed by atoms with Gasteiger partial charge >= 0.3 is 5.97 Å². The summed E-state index contributed by atoms with van der Waals surface area (Å²) in [6.45, 7) is 7.06. The molecule has 3 saturated heterocycles. The number of nitrogens with zero attached hydrogens (tertiary/aromatic N) is 1. The summed E-state index contributed by atoms with van der Waals surface area (Å²) in [6, 6.07) is 0.814. The van der Waals surface area contributed by atoms with E-state index in [9.17, 15) is 4.79 Å². The van der Waals surface area contributed by atoms with Gasteiger partial charge in [0.2, 0.25) is 0 Å². The Bertz CT molecular complexity index is 347. The summed E-state index contributed by atoms with van der Waals surface area (Å²) in [6.07, 6.45) is 3.47. The fourth-order valence-corrected chi connectivity index (χ4v) is 3.41. The average molecular weight is 239 g/mol. The standard InChI is InChI=1S/C13H21NO3/c1-12(2,3)17-11(15)13-8-16-7-9-5-4-6-10(13)14(9)13/h9-10H,4-8H2,1-3H3. The fraction of sp³-hybridized carbons (Fsp3) is 0.923. The highest BCUT2D eigenvalue weighted by Gasteiger charge is 2.73. The van der Waals surface area contributed by atoms with Crippen molar-refractivity contribution in [3.8, 4) is 0 Å². The number of carbonyl (C=O) groups excluding carboxylic acids is 1. The second-order valence-corrected chi connectivity index (χ2v) is 6.45. The van der Waals surface area contributed by atoms with Gasteiger partial charge < -0.3 is 9.47 Å². The maximum Gasteiger partial charge on any atom is 0.331 e. The van der Waals surface area contributed by atoms with Crippen LogP contribution in [0.5, 0.6) is 0 Å². The summed E-state index contributed by atoms with van der Waals surface area (Å²) in [7, 11) is 0. The van der Waals surface area contributed by atoms with Gasteiger partial charge in [0.15, 0.2) is 5.54 Å². The van der Waals surface area contributed by atoms with E-state index < -0.39 is 11.1 Å². The summed E-state index contributed by atoms with van der Waals surface area (Å²) >= 11 is 0. The second-order valence-electron chi connectivity index (χ2n) is 6.45. The van der Waals surface area contributed by atoms with E-state index in [1.807, 2.05) is 20.8 Å². The Morgan fingerprint density at radius 2 is 2.18 bits per heavy atom. The van der Waals surface area contributed by atoms with Crippen LogP contribution in [-0.2, 0) is 14.3 Å². The van der Waals surface area contributed by atoms with Crippen LogP contribution in [0, 0.1) is 0 Å². The van der Waals surface area contributed by atoms with Crippen molar-refractivity contribution in [2.45, 2.75) is 63.3 Å². The Balaban J connectivity index is 1.80. The van der Waals surface area contributed by atoms with Crippen molar-refractivity contribution < 1.29 is 14.3 Å². The van der Waals surface area contributed by atoms with Crippen molar-refractivity contribution in [1.29, 1.82) is 0 Å². The zero-order valence-electron chi connectivity index (χ0n) is 10.9. The Hall–Kier alpha value is -0.610. The first-order chi connectivity index (χ1) is 7.95. The van der Waals surface area contributed by atoms with Crippen LogP contribution in [0.3, 0.4) is 0 Å². The summed E-state index contributed by atoms with van der Waals surface area (Å²) < 4.78 is 11.2. The van der Waals surface area contributed by atoms with E-state index >= 15 is 0 Å². The summed E-state index contributed by atoms with van der Waals surface area (Å²) in [5, 5.41) is 0. The van der Waals surface area contributed by atoms with Crippen LogP contribution in [0.25, 0.3) is 0 Å². The molecule has 4 unspecified atom stereocenters. The van der Waals surface area contributed by atoms with Crippen LogP contribution in [0.1, 0.15) is 40.0 Å². The molecule has 0 bridgehead atoms. The van der Waals surface area contributed by atoms with Crippen LogP contribution >= 0.6 is 0 Å². The molecule has 0 aromatic rings. The molecule has 3 fully saturated rings. The first-order valence-electron chi connectivity index (χ1n) is 6.55. The first kappa shape index (κ1) is 11.5. The number of ether oxygens (including phenoxy) is 2. The molecule has 4 atom stereocenters. The number of hydrogen-bond acceptors (Lipinski definition) is 4. The smallest absolute Gasteiger partial charge is 0.331 e. The van der Waals surface area contributed by atoms with Crippen molar-refractivity contribution >= 4 is 5.97 Å². The van der Waals surface area contributed by atoms with E-state index in [-0.39, 0.29) is 5.97 Å². The van der Waals surface area contributed by atoms with E-state index in [0.717, 1.165) is 19.4 Å². The number of morpholine rings is 1. The van der Waals surface area contributed by atoms with Gasteiger partial charge in [-0.05, 0) is 33.6 Å². The van der Waals surface area contributed by atoms with E-state index in [0.29, 0.717) is 18.7 Å². The molecule has 3 aliphatic heterocycles. The maximum atomic E-state index is 12.4. The van der Waals surface area contributed by atoms with Crippen molar-refractivity contribution in [1.82, 2.24) is 4.90 Å². The molecule has 0 aromatic carbocycles. The quantitative estimate of drug-likeness (QED) is 0.511. The third-order valence-corrected chi connectivity index (χ3v) is 4.07. The lowest BCUT2D eigenvalue weighted by Gasteiger charge is -2.31. The van der Waals surface area contributed by atoms with E-state index in [4.69, 9.17) is 9.47 Å². The van der Waals surface area contributed by atoms with E-state index in [1.54, 1.807) is 0 Å². The summed E-state index contributed by atoms with van der Waals surface area (Å²) in [4.78, 5) is 14.7. The van der Waals surface area contributed by atoms with E-state index in [1.165, 1.54) is 6.42 Å². The van der Waals surface area contributed by atoms with Crippen LogP contribution in [0.4, 0.5) is 0 Å². The normalized spacial score (nSPS) is 43.8. The minimum Gasteiger partial charge on any atom is -0.458 e. The predicted octanol–water partition coefficient (Wildman–Crippen LogP) is 1.33. The third-order valence-electron chi connectivity index (χ3n) is 4.07. The Morgan fingerprint density at radius 3 is 2.88 bits per heavy atom. The van der Waals surface area contributed by atoms with Crippen molar-refractivity contribution in [3.05, 3.63) is 0 Å². The van der Waals surface area contributed by atoms with E-state index in [2.05, 4.69) is 4.90 Å². The minimum absolute atomic E-state index is 0.0819. The lowest BCUT2D eigenvalue weighted by molar-refractivity contribution is -0.164. The van der Waals surface area contributed by atoms with Gasteiger partial charge in [-0.1, -0.05) is 6.42 Å². The summed E-state index contributed by atoms with van der Waals surface area (Å²) in [5.74, 6) is -0.0819. The van der Waals surface area contributed by atoms with Gasteiger partial charge in [0.25, 0.3) is 0 Å². The number of rotatable bonds is 1. The zero-order chi connectivity index (χ0) is 12.3. The van der Waals surface area contributed by atoms with Crippen molar-refractivity contribution in [2.24, 2.45) is 0 Å². The molecule has 17 heavy (non-hydrogen) atoms. The van der Waals surface area contributed by atoms with Crippen molar-refractivity contribution in [2.75, 3.05) is 13.2 Å². The molecule has 0 N–H and O–H groups in total. The lowest BCUT2D eigenvalue weighted by atomic mass is 10.0. The number of carbonyl (C=O) groups is 1. The van der Waals surface area contributed by atoms with Crippen LogP contribution < -0.4 is 0 Å². The molecule has 0 saturated carbocycles. The van der Waals surface area contributed by atoms with Gasteiger partial charge in [-0.15, -0.1) is 0 Å². The van der Waals surface area contributed by atoms with Crippen LogP contribution in [-0.4, -0.2) is 47.3 Å². The Kier molecular flexibility index (Phi) is 2.33. The molecule has 4 heteroatoms. The molecule has 0 aliphatic carbocycles. The molecular formula is C13H21NO3. The third kappa shape index (κ3) is 1.61. The summed E-state index contributed by atoms with van der Waals surface area (Å²) in [5.41, 5.74) is -0.849. The van der Waals surface area contributed by atoms with Gasteiger partial charge in [-0.3, -0.25) is 4.90 Å². The van der Waals surface area contributed by atoms with Crippen molar-refractivity contribution in [3.63, 3.8) is 0 Å². The number of fused-ring (bicyclic) bond motifs is 1. The average Bonchev–Trinajstić information content (AvgIpc) is 2.89. The molecule has 3 aliphatic rings. The van der Waals surface area contributed by atoms with Gasteiger partial charge in [0, 0.05) is 12.1 Å². The topological polar surface area (TPSA) is 38.5 Å². The van der Waals surface area contributed by atoms with Gasteiger partial charge in [0.05, 0.1) is 13.2 Å². The highest BCUT2D eigenvalue weighted by Crippen LogP contribution is 2.53.